The fourth-order valence-electron chi connectivity index (χ4n) is 4.42. The molecule has 1 aliphatic heterocycles. The van der Waals surface area contributed by atoms with Crippen molar-refractivity contribution in [3.63, 3.8) is 0 Å². The van der Waals surface area contributed by atoms with Crippen molar-refractivity contribution in [2.24, 2.45) is 5.92 Å². The van der Waals surface area contributed by atoms with Crippen molar-refractivity contribution in [2.45, 2.75) is 58.5 Å². The van der Waals surface area contributed by atoms with Gasteiger partial charge in [0.25, 0.3) is 0 Å². The molecular formula is C22H32N4O2. The van der Waals surface area contributed by atoms with Crippen LogP contribution in [0.25, 0.3) is 11.0 Å². The summed E-state index contributed by atoms with van der Waals surface area (Å²) in [7, 11) is 0. The van der Waals surface area contributed by atoms with Gasteiger partial charge in [-0.15, -0.1) is 0 Å². The molecule has 6 heteroatoms. The summed E-state index contributed by atoms with van der Waals surface area (Å²) < 4.78 is 7.80. The number of nitrogens with one attached hydrogen (secondary N) is 1. The maximum Gasteiger partial charge on any atom is 0.227 e. The lowest BCUT2D eigenvalue weighted by Gasteiger charge is -2.26. The van der Waals surface area contributed by atoms with Gasteiger partial charge in [0.15, 0.2) is 0 Å². The van der Waals surface area contributed by atoms with Gasteiger partial charge in [-0.1, -0.05) is 26.2 Å². The van der Waals surface area contributed by atoms with Crippen molar-refractivity contribution < 1.29 is 9.53 Å². The lowest BCUT2D eigenvalue weighted by atomic mass is 9.88. The Bertz CT molecular complexity index is 804. The van der Waals surface area contributed by atoms with Crippen molar-refractivity contribution in [3.05, 3.63) is 24.0 Å². The fraction of sp³-hybridized carbons (Fsp3) is 0.636. The van der Waals surface area contributed by atoms with E-state index in [1.54, 1.807) is 0 Å². The number of aromatic nitrogens is 2. The fourth-order valence-corrected chi connectivity index (χ4v) is 4.42. The zero-order valence-electron chi connectivity index (χ0n) is 17.0. The average molecular weight is 385 g/mol. The molecule has 0 bridgehead atoms. The van der Waals surface area contributed by atoms with Crippen LogP contribution in [-0.2, 0) is 22.6 Å². The number of morpholine rings is 1. The van der Waals surface area contributed by atoms with Gasteiger partial charge in [-0.05, 0) is 37.5 Å². The molecular weight excluding hydrogens is 352 g/mol. The molecule has 2 fully saturated rings. The topological polar surface area (TPSA) is 59.4 Å². The van der Waals surface area contributed by atoms with Crippen LogP contribution < -0.4 is 5.32 Å². The highest BCUT2D eigenvalue weighted by molar-refractivity contribution is 5.94. The number of hydrogen-bond acceptors (Lipinski definition) is 4. The molecule has 0 unspecified atom stereocenters. The number of hydrogen-bond donors (Lipinski definition) is 1. The largest absolute Gasteiger partial charge is 0.379 e. The van der Waals surface area contributed by atoms with E-state index >= 15 is 0 Å². The first-order chi connectivity index (χ1) is 13.7. The Labute approximate surface area is 167 Å². The van der Waals surface area contributed by atoms with Gasteiger partial charge in [0.05, 0.1) is 30.8 Å². The van der Waals surface area contributed by atoms with E-state index in [1.165, 1.54) is 19.3 Å². The Hall–Kier alpha value is -1.92. The third-order valence-electron chi connectivity index (χ3n) is 5.99. The molecule has 0 spiro atoms. The van der Waals surface area contributed by atoms with Crippen LogP contribution in [0.1, 0.15) is 51.3 Å². The van der Waals surface area contributed by atoms with Crippen LogP contribution in [0.3, 0.4) is 0 Å². The predicted molar refractivity (Wildman–Crippen MR) is 111 cm³/mol. The quantitative estimate of drug-likeness (QED) is 0.823. The second-order valence-corrected chi connectivity index (χ2v) is 8.10. The van der Waals surface area contributed by atoms with E-state index < -0.39 is 0 Å². The number of aryl methyl sites for hydroxylation is 1. The van der Waals surface area contributed by atoms with Crippen molar-refractivity contribution >= 4 is 22.6 Å². The number of ether oxygens (including phenoxy) is 1. The van der Waals surface area contributed by atoms with Gasteiger partial charge in [0, 0.05) is 31.2 Å². The minimum Gasteiger partial charge on any atom is -0.379 e. The van der Waals surface area contributed by atoms with Crippen LogP contribution >= 0.6 is 0 Å². The molecule has 1 aromatic carbocycles. The highest BCUT2D eigenvalue weighted by atomic mass is 16.5. The Morgan fingerprint density at radius 2 is 2.00 bits per heavy atom. The summed E-state index contributed by atoms with van der Waals surface area (Å²) in [5, 5.41) is 3.13. The van der Waals surface area contributed by atoms with E-state index in [4.69, 9.17) is 9.72 Å². The molecule has 1 aromatic heterocycles. The van der Waals surface area contributed by atoms with E-state index in [0.717, 1.165) is 81.2 Å². The van der Waals surface area contributed by atoms with Crippen molar-refractivity contribution in [1.29, 1.82) is 0 Å². The van der Waals surface area contributed by atoms with Gasteiger partial charge in [-0.3, -0.25) is 9.69 Å². The Balaban J connectivity index is 1.53. The molecule has 0 radical (unpaired) electrons. The molecule has 1 aliphatic carbocycles. The zero-order valence-corrected chi connectivity index (χ0v) is 17.0. The van der Waals surface area contributed by atoms with Gasteiger partial charge >= 0.3 is 0 Å². The summed E-state index contributed by atoms with van der Waals surface area (Å²) in [5.41, 5.74) is 2.99. The van der Waals surface area contributed by atoms with Crippen LogP contribution in [0.15, 0.2) is 18.2 Å². The first-order valence-corrected chi connectivity index (χ1v) is 10.8. The van der Waals surface area contributed by atoms with Gasteiger partial charge in [0.1, 0.15) is 5.82 Å². The van der Waals surface area contributed by atoms with Crippen LogP contribution in [0.5, 0.6) is 0 Å². The zero-order chi connectivity index (χ0) is 19.3. The Kier molecular flexibility index (Phi) is 6.27. The van der Waals surface area contributed by atoms with Crippen molar-refractivity contribution in [2.75, 3.05) is 31.6 Å². The van der Waals surface area contributed by atoms with E-state index in [1.807, 2.05) is 12.1 Å². The minimum atomic E-state index is 0.166. The van der Waals surface area contributed by atoms with Gasteiger partial charge in [-0.2, -0.15) is 0 Å². The van der Waals surface area contributed by atoms with E-state index in [-0.39, 0.29) is 11.8 Å². The normalized spacial score (nSPS) is 19.2. The molecule has 28 heavy (non-hydrogen) atoms. The highest BCUT2D eigenvalue weighted by Crippen LogP contribution is 2.26. The lowest BCUT2D eigenvalue weighted by Crippen LogP contribution is -2.36. The molecule has 2 heterocycles. The number of rotatable bonds is 6. The van der Waals surface area contributed by atoms with E-state index in [0.29, 0.717) is 0 Å². The third kappa shape index (κ3) is 4.39. The summed E-state index contributed by atoms with van der Waals surface area (Å²) in [5.74, 6) is 1.44. The molecule has 1 N–H and O–H groups in total. The molecule has 1 saturated heterocycles. The van der Waals surface area contributed by atoms with Crippen molar-refractivity contribution in [3.8, 4) is 0 Å². The summed E-state index contributed by atoms with van der Waals surface area (Å²) in [6, 6.07) is 6.16. The number of amides is 1. The first-order valence-electron chi connectivity index (χ1n) is 10.8. The summed E-state index contributed by atoms with van der Waals surface area (Å²) in [6.07, 6.45) is 6.71. The maximum absolute atomic E-state index is 12.6. The van der Waals surface area contributed by atoms with E-state index in [9.17, 15) is 4.79 Å². The van der Waals surface area contributed by atoms with Gasteiger partial charge < -0.3 is 14.6 Å². The summed E-state index contributed by atoms with van der Waals surface area (Å²) in [4.78, 5) is 19.9. The first kappa shape index (κ1) is 19.4. The van der Waals surface area contributed by atoms with Crippen LogP contribution in [-0.4, -0.2) is 46.7 Å². The molecule has 2 aliphatic rings. The van der Waals surface area contributed by atoms with Gasteiger partial charge in [-0.25, -0.2) is 4.98 Å². The molecule has 4 rings (SSSR count). The van der Waals surface area contributed by atoms with Crippen LogP contribution in [0, 0.1) is 5.92 Å². The minimum absolute atomic E-state index is 0.166. The van der Waals surface area contributed by atoms with Crippen LogP contribution in [0.4, 0.5) is 5.69 Å². The monoisotopic (exact) mass is 384 g/mol. The maximum atomic E-state index is 12.6. The second kappa shape index (κ2) is 9.05. The molecule has 0 atom stereocenters. The average Bonchev–Trinajstić information content (AvgIpc) is 3.06. The standard InChI is InChI=1S/C22H32N4O2/c1-2-10-26-20-9-8-18(23-22(27)17-6-4-3-5-7-17)15-19(20)24-21(26)16-25-11-13-28-14-12-25/h8-9,15,17H,2-7,10-14,16H2,1H3,(H,23,27). The number of imidazole rings is 1. The van der Waals surface area contributed by atoms with E-state index in [2.05, 4.69) is 27.8 Å². The molecule has 152 valence electrons. The number of benzene rings is 1. The lowest BCUT2D eigenvalue weighted by molar-refractivity contribution is -0.120. The number of carbonyl (C=O) groups excluding carboxylic acids is 1. The van der Waals surface area contributed by atoms with Crippen LogP contribution in [0.2, 0.25) is 0 Å². The molecule has 2 aromatic rings. The molecule has 1 saturated carbocycles. The molecule has 6 nitrogen and oxygen atoms in total. The van der Waals surface area contributed by atoms with Gasteiger partial charge in [0.2, 0.25) is 5.91 Å². The summed E-state index contributed by atoms with van der Waals surface area (Å²) >= 11 is 0. The SMILES string of the molecule is CCCn1c(CN2CCOCC2)nc2cc(NC(=O)C3CCCCC3)ccc21. The predicted octanol–water partition coefficient (Wildman–Crippen LogP) is 3.80. The summed E-state index contributed by atoms with van der Waals surface area (Å²) in [6.45, 7) is 7.52. The number of carbonyl (C=O) groups is 1. The number of anilines is 1. The number of fused-ring (bicyclic) bond motifs is 1. The Morgan fingerprint density at radius 3 is 2.75 bits per heavy atom. The number of nitrogens with zero attached hydrogens (tertiary/aromatic N) is 3. The highest BCUT2D eigenvalue weighted by Gasteiger charge is 2.22. The third-order valence-corrected chi connectivity index (χ3v) is 5.99. The Morgan fingerprint density at radius 1 is 1.21 bits per heavy atom. The second-order valence-electron chi connectivity index (χ2n) is 8.10. The smallest absolute Gasteiger partial charge is 0.227 e. The van der Waals surface area contributed by atoms with Crippen molar-refractivity contribution in [1.82, 2.24) is 14.5 Å². The molecule has 1 amide bonds.